The average molecular weight is 217 g/mol. The van der Waals surface area contributed by atoms with Gasteiger partial charge in [0.05, 0.1) is 7.11 Å². The summed E-state index contributed by atoms with van der Waals surface area (Å²) in [4.78, 5) is 14.7. The lowest BCUT2D eigenvalue weighted by Gasteiger charge is -2.05. The maximum atomic E-state index is 11.8. The van der Waals surface area contributed by atoms with Gasteiger partial charge < -0.3 is 9.47 Å². The summed E-state index contributed by atoms with van der Waals surface area (Å²) in [6, 6.07) is 4.26. The van der Waals surface area contributed by atoms with Gasteiger partial charge in [-0.15, -0.1) is 0 Å². The third-order valence-electron chi connectivity index (χ3n) is 1.48. The highest BCUT2D eigenvalue weighted by molar-refractivity contribution is 5.87. The standard InChI is InChI=1S/C9H9F2NO3/c1-14-9(13)6-3-2-4-8(12-6)15-5-7(10)11/h2-4,7H,5H2,1H3. The molecule has 1 aromatic heterocycles. The zero-order chi connectivity index (χ0) is 11.3. The molecule has 0 radical (unpaired) electrons. The summed E-state index contributed by atoms with van der Waals surface area (Å²) < 4.78 is 32.6. The Labute approximate surface area is 84.8 Å². The molecule has 0 spiro atoms. The molecule has 0 unspecified atom stereocenters. The molecule has 0 fully saturated rings. The van der Waals surface area contributed by atoms with Crippen LogP contribution in [-0.2, 0) is 4.74 Å². The van der Waals surface area contributed by atoms with Crippen molar-refractivity contribution in [3.63, 3.8) is 0 Å². The van der Waals surface area contributed by atoms with E-state index in [4.69, 9.17) is 0 Å². The van der Waals surface area contributed by atoms with E-state index in [0.29, 0.717) is 0 Å². The van der Waals surface area contributed by atoms with Gasteiger partial charge in [0, 0.05) is 6.07 Å². The van der Waals surface area contributed by atoms with Crippen molar-refractivity contribution in [1.82, 2.24) is 4.98 Å². The van der Waals surface area contributed by atoms with Gasteiger partial charge in [-0.25, -0.2) is 18.6 Å². The number of hydrogen-bond acceptors (Lipinski definition) is 4. The fourth-order valence-electron chi connectivity index (χ4n) is 0.862. The van der Waals surface area contributed by atoms with E-state index in [9.17, 15) is 13.6 Å². The van der Waals surface area contributed by atoms with Gasteiger partial charge >= 0.3 is 5.97 Å². The van der Waals surface area contributed by atoms with Gasteiger partial charge in [-0.05, 0) is 6.07 Å². The lowest BCUT2D eigenvalue weighted by molar-refractivity contribution is 0.0590. The number of methoxy groups -OCH3 is 1. The smallest absolute Gasteiger partial charge is 0.356 e. The molecule has 0 aromatic carbocycles. The Kier molecular flexibility index (Phi) is 3.96. The van der Waals surface area contributed by atoms with Crippen LogP contribution in [0.1, 0.15) is 10.5 Å². The maximum absolute atomic E-state index is 11.8. The van der Waals surface area contributed by atoms with Crippen LogP contribution in [0, 0.1) is 0 Å². The van der Waals surface area contributed by atoms with Crippen LogP contribution in [0.3, 0.4) is 0 Å². The number of pyridine rings is 1. The summed E-state index contributed by atoms with van der Waals surface area (Å²) in [5, 5.41) is 0. The Morgan fingerprint density at radius 2 is 2.27 bits per heavy atom. The molecule has 4 nitrogen and oxygen atoms in total. The second-order valence-corrected chi connectivity index (χ2v) is 2.55. The van der Waals surface area contributed by atoms with Crippen LogP contribution in [0.2, 0.25) is 0 Å². The van der Waals surface area contributed by atoms with E-state index in [-0.39, 0.29) is 11.6 Å². The number of aromatic nitrogens is 1. The van der Waals surface area contributed by atoms with E-state index in [1.807, 2.05) is 0 Å². The number of hydrogen-bond donors (Lipinski definition) is 0. The van der Waals surface area contributed by atoms with E-state index < -0.39 is 19.0 Å². The lowest BCUT2D eigenvalue weighted by Crippen LogP contribution is -2.10. The molecule has 0 bridgehead atoms. The van der Waals surface area contributed by atoms with Gasteiger partial charge in [0.25, 0.3) is 6.43 Å². The monoisotopic (exact) mass is 217 g/mol. The third kappa shape index (κ3) is 3.49. The van der Waals surface area contributed by atoms with E-state index in [1.165, 1.54) is 25.3 Å². The Morgan fingerprint density at radius 1 is 1.53 bits per heavy atom. The third-order valence-corrected chi connectivity index (χ3v) is 1.48. The number of nitrogens with zero attached hydrogens (tertiary/aromatic N) is 1. The zero-order valence-corrected chi connectivity index (χ0v) is 7.94. The number of alkyl halides is 2. The molecule has 0 saturated heterocycles. The summed E-state index contributed by atoms with van der Waals surface area (Å²) in [5.41, 5.74) is 0.0178. The molecule has 0 amide bonds. The molecule has 1 heterocycles. The lowest BCUT2D eigenvalue weighted by atomic mass is 10.3. The zero-order valence-electron chi connectivity index (χ0n) is 7.94. The van der Waals surface area contributed by atoms with Crippen molar-refractivity contribution < 1.29 is 23.0 Å². The largest absolute Gasteiger partial charge is 0.472 e. The molecule has 15 heavy (non-hydrogen) atoms. The Hall–Kier alpha value is -1.72. The van der Waals surface area contributed by atoms with E-state index >= 15 is 0 Å². The number of carbonyl (C=O) groups is 1. The minimum Gasteiger partial charge on any atom is -0.472 e. The molecule has 0 atom stereocenters. The Bertz CT molecular complexity index is 344. The summed E-state index contributed by atoms with van der Waals surface area (Å²) >= 11 is 0. The van der Waals surface area contributed by atoms with Gasteiger partial charge in [-0.2, -0.15) is 0 Å². The minimum absolute atomic E-state index is 0.0178. The number of ether oxygens (including phenoxy) is 2. The first kappa shape index (κ1) is 11.4. The van der Waals surface area contributed by atoms with Crippen molar-refractivity contribution in [2.45, 2.75) is 6.43 Å². The van der Waals surface area contributed by atoms with Crippen molar-refractivity contribution in [1.29, 1.82) is 0 Å². The minimum atomic E-state index is -2.58. The average Bonchev–Trinajstić information content (AvgIpc) is 2.25. The molecular weight excluding hydrogens is 208 g/mol. The predicted octanol–water partition coefficient (Wildman–Crippen LogP) is 1.51. The van der Waals surface area contributed by atoms with Crippen molar-refractivity contribution in [2.24, 2.45) is 0 Å². The highest BCUT2D eigenvalue weighted by Gasteiger charge is 2.09. The fraction of sp³-hybridized carbons (Fsp3) is 0.333. The van der Waals surface area contributed by atoms with Gasteiger partial charge in [-0.1, -0.05) is 6.07 Å². The van der Waals surface area contributed by atoms with Crippen LogP contribution in [0.15, 0.2) is 18.2 Å². The first-order valence-corrected chi connectivity index (χ1v) is 4.10. The molecule has 82 valence electrons. The quantitative estimate of drug-likeness (QED) is 0.717. The normalized spacial score (nSPS) is 10.1. The first-order valence-electron chi connectivity index (χ1n) is 4.10. The first-order chi connectivity index (χ1) is 7.13. The molecule has 1 rings (SSSR count). The van der Waals surface area contributed by atoms with E-state index in [2.05, 4.69) is 14.5 Å². The van der Waals surface area contributed by atoms with Crippen molar-refractivity contribution >= 4 is 5.97 Å². The molecule has 0 aliphatic carbocycles. The number of rotatable bonds is 4. The molecule has 0 aliphatic rings. The van der Waals surface area contributed by atoms with Crippen LogP contribution in [0.5, 0.6) is 5.88 Å². The van der Waals surface area contributed by atoms with E-state index in [1.54, 1.807) is 0 Å². The van der Waals surface area contributed by atoms with E-state index in [0.717, 1.165) is 0 Å². The maximum Gasteiger partial charge on any atom is 0.356 e. The molecule has 0 N–H and O–H groups in total. The molecule has 0 saturated carbocycles. The fourth-order valence-corrected chi connectivity index (χ4v) is 0.862. The predicted molar refractivity (Wildman–Crippen MR) is 47.1 cm³/mol. The number of carbonyl (C=O) groups excluding carboxylic acids is 1. The van der Waals surface area contributed by atoms with Gasteiger partial charge in [0.2, 0.25) is 5.88 Å². The highest BCUT2D eigenvalue weighted by atomic mass is 19.3. The summed E-state index contributed by atoms with van der Waals surface area (Å²) in [6.45, 7) is -0.752. The Morgan fingerprint density at radius 3 is 2.87 bits per heavy atom. The van der Waals surface area contributed by atoms with Crippen molar-refractivity contribution in [2.75, 3.05) is 13.7 Å². The van der Waals surface area contributed by atoms with Crippen molar-refractivity contribution in [3.05, 3.63) is 23.9 Å². The summed E-state index contributed by atoms with van der Waals surface area (Å²) in [5.74, 6) is -0.671. The Balaban J connectivity index is 2.70. The highest BCUT2D eigenvalue weighted by Crippen LogP contribution is 2.09. The number of halogens is 2. The second kappa shape index (κ2) is 5.23. The van der Waals surface area contributed by atoms with Crippen LogP contribution in [0.25, 0.3) is 0 Å². The van der Waals surface area contributed by atoms with Gasteiger partial charge in [-0.3, -0.25) is 0 Å². The van der Waals surface area contributed by atoms with Crippen LogP contribution in [0.4, 0.5) is 8.78 Å². The van der Waals surface area contributed by atoms with Gasteiger partial charge in [0.15, 0.2) is 12.3 Å². The molecule has 6 heteroatoms. The SMILES string of the molecule is COC(=O)c1cccc(OCC(F)F)n1. The molecule has 0 aliphatic heterocycles. The number of esters is 1. The topological polar surface area (TPSA) is 48.4 Å². The van der Waals surface area contributed by atoms with Crippen LogP contribution >= 0.6 is 0 Å². The summed E-state index contributed by atoms with van der Waals surface area (Å²) in [6.07, 6.45) is -2.58. The second-order valence-electron chi connectivity index (χ2n) is 2.55. The van der Waals surface area contributed by atoms with Crippen LogP contribution < -0.4 is 4.74 Å². The van der Waals surface area contributed by atoms with Gasteiger partial charge in [0.1, 0.15) is 0 Å². The molecular formula is C9H9F2NO3. The molecule has 1 aromatic rings. The summed E-state index contributed by atoms with van der Waals surface area (Å²) in [7, 11) is 1.21. The van der Waals surface area contributed by atoms with Crippen molar-refractivity contribution in [3.8, 4) is 5.88 Å². The van der Waals surface area contributed by atoms with Crippen LogP contribution in [-0.4, -0.2) is 31.1 Å².